The summed E-state index contributed by atoms with van der Waals surface area (Å²) >= 11 is 0. The molecule has 0 unspecified atom stereocenters. The minimum absolute atomic E-state index is 0.0163. The molecular weight excluding hydrogens is 358 g/mol. The molecule has 0 aliphatic carbocycles. The molecule has 3 amide bonds. The summed E-state index contributed by atoms with van der Waals surface area (Å²) in [6.45, 7) is 1.96. The number of amides is 3. The van der Waals surface area contributed by atoms with Crippen molar-refractivity contribution in [3.63, 3.8) is 0 Å². The number of rotatable bonds is 3. The van der Waals surface area contributed by atoms with Crippen LogP contribution in [0.2, 0.25) is 0 Å². The van der Waals surface area contributed by atoms with Crippen molar-refractivity contribution in [2.75, 3.05) is 25.1 Å². The molecule has 0 spiro atoms. The molecule has 2 aliphatic heterocycles. The molecule has 0 radical (unpaired) electrons. The lowest BCUT2D eigenvalue weighted by Crippen LogP contribution is -2.30. The molecular formula is C21H23N3O4. The Kier molecular flexibility index (Phi) is 5.06. The molecule has 0 saturated carbocycles. The number of primary amides is 1. The lowest BCUT2D eigenvalue weighted by atomic mass is 10.0. The largest absolute Gasteiger partial charge is 0.490 e. The standard InChI is InChI=1S/C21H23N3O4/c22-21(26)23-16-5-1-4-15(12-16)20(25)24-9-2-6-17(24)14-7-8-18-19(13-14)28-11-3-10-27-18/h1,4-5,7-8,12-13,17H,2-3,6,9-11H2,(H3,22,23,26)/t17-/m1/s1. The molecule has 7 heteroatoms. The molecule has 1 saturated heterocycles. The van der Waals surface area contributed by atoms with Gasteiger partial charge >= 0.3 is 6.03 Å². The lowest BCUT2D eigenvalue weighted by molar-refractivity contribution is 0.0735. The summed E-state index contributed by atoms with van der Waals surface area (Å²) in [5.41, 5.74) is 7.24. The van der Waals surface area contributed by atoms with Crippen LogP contribution in [-0.2, 0) is 0 Å². The van der Waals surface area contributed by atoms with Gasteiger partial charge in [0.25, 0.3) is 5.91 Å². The summed E-state index contributed by atoms with van der Waals surface area (Å²) < 4.78 is 11.5. The van der Waals surface area contributed by atoms with E-state index in [1.807, 2.05) is 23.1 Å². The van der Waals surface area contributed by atoms with Gasteiger partial charge in [0.2, 0.25) is 0 Å². The molecule has 0 bridgehead atoms. The Balaban J connectivity index is 1.57. The average Bonchev–Trinajstić information content (AvgIpc) is 3.05. The Morgan fingerprint density at radius 2 is 1.86 bits per heavy atom. The van der Waals surface area contributed by atoms with Crippen LogP contribution >= 0.6 is 0 Å². The summed E-state index contributed by atoms with van der Waals surface area (Å²) in [6.07, 6.45) is 2.68. The van der Waals surface area contributed by atoms with Crippen molar-refractivity contribution in [1.82, 2.24) is 4.90 Å². The molecule has 2 heterocycles. The highest BCUT2D eigenvalue weighted by Gasteiger charge is 2.31. The second-order valence-electron chi connectivity index (χ2n) is 6.98. The first-order valence-corrected chi connectivity index (χ1v) is 9.49. The van der Waals surface area contributed by atoms with Gasteiger partial charge in [0.1, 0.15) is 0 Å². The number of urea groups is 1. The molecule has 0 aromatic heterocycles. The fourth-order valence-corrected chi connectivity index (χ4v) is 3.78. The molecule has 2 aromatic rings. The quantitative estimate of drug-likeness (QED) is 0.853. The van der Waals surface area contributed by atoms with E-state index in [0.29, 0.717) is 31.0 Å². The van der Waals surface area contributed by atoms with E-state index in [1.54, 1.807) is 24.3 Å². The number of likely N-dealkylation sites (tertiary alicyclic amines) is 1. The van der Waals surface area contributed by atoms with E-state index >= 15 is 0 Å². The van der Waals surface area contributed by atoms with Gasteiger partial charge in [-0.25, -0.2) is 4.79 Å². The molecule has 7 nitrogen and oxygen atoms in total. The van der Waals surface area contributed by atoms with Gasteiger partial charge in [-0.05, 0) is 48.7 Å². The van der Waals surface area contributed by atoms with Gasteiger partial charge in [0.15, 0.2) is 11.5 Å². The monoisotopic (exact) mass is 381 g/mol. The highest BCUT2D eigenvalue weighted by atomic mass is 16.5. The zero-order chi connectivity index (χ0) is 19.5. The van der Waals surface area contributed by atoms with Crippen LogP contribution in [0.1, 0.15) is 41.2 Å². The van der Waals surface area contributed by atoms with Crippen molar-refractivity contribution in [2.24, 2.45) is 5.73 Å². The van der Waals surface area contributed by atoms with Crippen molar-refractivity contribution in [3.05, 3.63) is 53.6 Å². The topological polar surface area (TPSA) is 93.9 Å². The van der Waals surface area contributed by atoms with Crippen molar-refractivity contribution in [2.45, 2.75) is 25.3 Å². The van der Waals surface area contributed by atoms with Crippen LogP contribution in [0.5, 0.6) is 11.5 Å². The molecule has 2 aromatic carbocycles. The Morgan fingerprint density at radius 1 is 1.04 bits per heavy atom. The SMILES string of the molecule is NC(=O)Nc1cccc(C(=O)N2CCC[C@@H]2c2ccc3c(c2)OCCCO3)c1. The second-order valence-corrected chi connectivity index (χ2v) is 6.98. The average molecular weight is 381 g/mol. The van der Waals surface area contributed by atoms with Crippen molar-refractivity contribution < 1.29 is 19.1 Å². The van der Waals surface area contributed by atoms with Crippen molar-refractivity contribution >= 4 is 17.6 Å². The number of nitrogens with zero attached hydrogens (tertiary/aromatic N) is 1. The first-order chi connectivity index (χ1) is 13.6. The van der Waals surface area contributed by atoms with Crippen LogP contribution in [0.4, 0.5) is 10.5 Å². The zero-order valence-electron chi connectivity index (χ0n) is 15.5. The normalized spacial score (nSPS) is 18.4. The summed E-state index contributed by atoms with van der Waals surface area (Å²) in [4.78, 5) is 26.1. The number of carbonyl (C=O) groups is 2. The third kappa shape index (κ3) is 3.74. The maximum Gasteiger partial charge on any atom is 0.316 e. The number of hydrogen-bond acceptors (Lipinski definition) is 4. The van der Waals surface area contributed by atoms with E-state index in [-0.39, 0.29) is 11.9 Å². The minimum atomic E-state index is -0.657. The van der Waals surface area contributed by atoms with E-state index in [2.05, 4.69) is 5.32 Å². The van der Waals surface area contributed by atoms with Crippen LogP contribution < -0.4 is 20.5 Å². The Morgan fingerprint density at radius 3 is 2.68 bits per heavy atom. The summed E-state index contributed by atoms with van der Waals surface area (Å²) in [7, 11) is 0. The molecule has 4 rings (SSSR count). The molecule has 1 fully saturated rings. The molecule has 3 N–H and O–H groups in total. The smallest absolute Gasteiger partial charge is 0.316 e. The first-order valence-electron chi connectivity index (χ1n) is 9.49. The third-order valence-corrected chi connectivity index (χ3v) is 5.05. The lowest BCUT2D eigenvalue weighted by Gasteiger charge is -2.26. The van der Waals surface area contributed by atoms with E-state index in [4.69, 9.17) is 15.2 Å². The van der Waals surface area contributed by atoms with Gasteiger partial charge in [-0.2, -0.15) is 0 Å². The van der Waals surface area contributed by atoms with Crippen molar-refractivity contribution in [3.8, 4) is 11.5 Å². The van der Waals surface area contributed by atoms with Crippen LogP contribution in [-0.4, -0.2) is 36.6 Å². The highest BCUT2D eigenvalue weighted by molar-refractivity contribution is 5.97. The maximum absolute atomic E-state index is 13.1. The Bertz CT molecular complexity index is 899. The van der Waals surface area contributed by atoms with E-state index in [0.717, 1.165) is 36.3 Å². The minimum Gasteiger partial charge on any atom is -0.490 e. The summed E-state index contributed by atoms with van der Waals surface area (Å²) in [5, 5.41) is 2.51. The highest BCUT2D eigenvalue weighted by Crippen LogP contribution is 2.38. The van der Waals surface area contributed by atoms with Gasteiger partial charge < -0.3 is 25.4 Å². The molecule has 1 atom stereocenters. The number of benzene rings is 2. The predicted molar refractivity (Wildman–Crippen MR) is 105 cm³/mol. The van der Waals surface area contributed by atoms with Gasteiger partial charge in [-0.3, -0.25) is 4.79 Å². The first kappa shape index (κ1) is 18.2. The molecule has 28 heavy (non-hydrogen) atoms. The van der Waals surface area contributed by atoms with Crippen LogP contribution in [0.25, 0.3) is 0 Å². The second kappa shape index (κ2) is 7.80. The van der Waals surface area contributed by atoms with Crippen LogP contribution in [0, 0.1) is 0 Å². The zero-order valence-corrected chi connectivity index (χ0v) is 15.5. The molecule has 2 aliphatic rings. The van der Waals surface area contributed by atoms with Crippen LogP contribution in [0.15, 0.2) is 42.5 Å². The van der Waals surface area contributed by atoms with E-state index in [1.165, 1.54) is 0 Å². The van der Waals surface area contributed by atoms with E-state index < -0.39 is 6.03 Å². The van der Waals surface area contributed by atoms with Crippen molar-refractivity contribution in [1.29, 1.82) is 0 Å². The number of hydrogen-bond donors (Lipinski definition) is 2. The number of carbonyl (C=O) groups excluding carboxylic acids is 2. The Hall–Kier alpha value is -3.22. The number of anilines is 1. The summed E-state index contributed by atoms with van der Waals surface area (Å²) in [6, 6.07) is 12.1. The van der Waals surface area contributed by atoms with E-state index in [9.17, 15) is 9.59 Å². The predicted octanol–water partition coefficient (Wildman–Crippen LogP) is 3.32. The van der Waals surface area contributed by atoms with Gasteiger partial charge in [-0.1, -0.05) is 12.1 Å². The number of ether oxygens (including phenoxy) is 2. The Labute approximate surface area is 163 Å². The number of nitrogens with two attached hydrogens (primary N) is 1. The number of nitrogens with one attached hydrogen (secondary N) is 1. The fraction of sp³-hybridized carbons (Fsp3) is 0.333. The summed E-state index contributed by atoms with van der Waals surface area (Å²) in [5.74, 6) is 1.42. The number of fused-ring (bicyclic) bond motifs is 1. The van der Waals surface area contributed by atoms with Gasteiger partial charge in [0, 0.05) is 24.2 Å². The molecule has 146 valence electrons. The van der Waals surface area contributed by atoms with Gasteiger partial charge in [-0.15, -0.1) is 0 Å². The van der Waals surface area contributed by atoms with Gasteiger partial charge in [0.05, 0.1) is 19.3 Å². The van der Waals surface area contributed by atoms with Crippen LogP contribution in [0.3, 0.4) is 0 Å². The third-order valence-electron chi connectivity index (χ3n) is 5.05. The maximum atomic E-state index is 13.1. The fourth-order valence-electron chi connectivity index (χ4n) is 3.78.